The SMILES string of the molecule is COC(=O)c1c(C)[nH]c(C(=O)N2CCCC(C(=O)NCc3ccc(F)cc3)C2)c1C. The Morgan fingerprint density at radius 3 is 2.60 bits per heavy atom. The van der Waals surface area contributed by atoms with Crippen LogP contribution in [0.5, 0.6) is 0 Å². The molecule has 1 fully saturated rings. The van der Waals surface area contributed by atoms with Gasteiger partial charge in [-0.2, -0.15) is 0 Å². The maximum atomic E-state index is 13.1. The number of hydrogen-bond acceptors (Lipinski definition) is 4. The van der Waals surface area contributed by atoms with Crippen molar-refractivity contribution in [3.63, 3.8) is 0 Å². The second kappa shape index (κ2) is 9.11. The molecule has 30 heavy (non-hydrogen) atoms. The van der Waals surface area contributed by atoms with E-state index in [0.717, 1.165) is 5.56 Å². The topological polar surface area (TPSA) is 91.5 Å². The number of benzene rings is 1. The van der Waals surface area contributed by atoms with E-state index in [9.17, 15) is 18.8 Å². The molecule has 2 N–H and O–H groups in total. The Balaban J connectivity index is 1.65. The number of H-pyrrole nitrogens is 1. The highest BCUT2D eigenvalue weighted by atomic mass is 19.1. The van der Waals surface area contributed by atoms with Crippen LogP contribution in [-0.4, -0.2) is 47.9 Å². The minimum absolute atomic E-state index is 0.133. The van der Waals surface area contributed by atoms with Gasteiger partial charge < -0.3 is 19.9 Å². The Morgan fingerprint density at radius 1 is 1.23 bits per heavy atom. The molecule has 2 heterocycles. The summed E-state index contributed by atoms with van der Waals surface area (Å²) in [4.78, 5) is 42.3. The number of esters is 1. The van der Waals surface area contributed by atoms with Gasteiger partial charge in [-0.05, 0) is 49.9 Å². The van der Waals surface area contributed by atoms with Crippen LogP contribution in [0.4, 0.5) is 4.39 Å². The van der Waals surface area contributed by atoms with E-state index in [2.05, 4.69) is 10.3 Å². The van der Waals surface area contributed by atoms with E-state index < -0.39 is 5.97 Å². The first-order chi connectivity index (χ1) is 14.3. The van der Waals surface area contributed by atoms with Crippen LogP contribution < -0.4 is 5.32 Å². The van der Waals surface area contributed by atoms with E-state index in [0.29, 0.717) is 55.0 Å². The van der Waals surface area contributed by atoms with Crippen LogP contribution in [0.3, 0.4) is 0 Å². The molecule has 8 heteroatoms. The molecule has 2 aromatic rings. The molecule has 0 radical (unpaired) electrons. The highest BCUT2D eigenvalue weighted by Gasteiger charge is 2.31. The molecule has 1 atom stereocenters. The van der Waals surface area contributed by atoms with Crippen molar-refractivity contribution in [2.45, 2.75) is 33.2 Å². The predicted molar refractivity (Wildman–Crippen MR) is 108 cm³/mol. The average Bonchev–Trinajstić information content (AvgIpc) is 3.06. The summed E-state index contributed by atoms with van der Waals surface area (Å²) in [5.41, 5.74) is 2.65. The third-order valence-corrected chi connectivity index (χ3v) is 5.50. The maximum absolute atomic E-state index is 13.1. The molecule has 1 aliphatic heterocycles. The molecule has 0 aliphatic carbocycles. The number of halogens is 1. The number of ether oxygens (including phenoxy) is 1. The van der Waals surface area contributed by atoms with Crippen LogP contribution in [0.1, 0.15) is 50.5 Å². The number of carbonyl (C=O) groups excluding carboxylic acids is 3. The normalized spacial score (nSPS) is 16.3. The summed E-state index contributed by atoms with van der Waals surface area (Å²) >= 11 is 0. The van der Waals surface area contributed by atoms with Crippen molar-refractivity contribution in [1.82, 2.24) is 15.2 Å². The first kappa shape index (κ1) is 21.5. The number of piperidine rings is 1. The van der Waals surface area contributed by atoms with Gasteiger partial charge in [0, 0.05) is 25.3 Å². The fourth-order valence-corrected chi connectivity index (χ4v) is 3.84. The van der Waals surface area contributed by atoms with Crippen molar-refractivity contribution in [3.8, 4) is 0 Å². The summed E-state index contributed by atoms with van der Waals surface area (Å²) in [6.45, 7) is 4.59. The van der Waals surface area contributed by atoms with Gasteiger partial charge in [-0.25, -0.2) is 9.18 Å². The van der Waals surface area contributed by atoms with Gasteiger partial charge in [0.1, 0.15) is 11.5 Å². The molecule has 1 aliphatic rings. The number of aryl methyl sites for hydroxylation is 1. The summed E-state index contributed by atoms with van der Waals surface area (Å²) in [6, 6.07) is 5.96. The van der Waals surface area contributed by atoms with Gasteiger partial charge in [0.25, 0.3) is 5.91 Å². The molecule has 7 nitrogen and oxygen atoms in total. The Hall–Kier alpha value is -3.16. The zero-order chi connectivity index (χ0) is 21.8. The molecule has 1 saturated heterocycles. The quantitative estimate of drug-likeness (QED) is 0.735. The smallest absolute Gasteiger partial charge is 0.339 e. The Labute approximate surface area is 174 Å². The minimum Gasteiger partial charge on any atom is -0.465 e. The fourth-order valence-electron chi connectivity index (χ4n) is 3.84. The van der Waals surface area contributed by atoms with Gasteiger partial charge in [-0.15, -0.1) is 0 Å². The number of aromatic amines is 1. The fraction of sp³-hybridized carbons (Fsp3) is 0.409. The van der Waals surface area contributed by atoms with Crippen LogP contribution >= 0.6 is 0 Å². The van der Waals surface area contributed by atoms with Gasteiger partial charge in [0.2, 0.25) is 5.91 Å². The second-order valence-corrected chi connectivity index (χ2v) is 7.55. The van der Waals surface area contributed by atoms with Gasteiger partial charge in [-0.1, -0.05) is 12.1 Å². The molecule has 2 amide bonds. The van der Waals surface area contributed by atoms with E-state index in [-0.39, 0.29) is 23.5 Å². The van der Waals surface area contributed by atoms with Crippen LogP contribution in [0.15, 0.2) is 24.3 Å². The highest BCUT2D eigenvalue weighted by Crippen LogP contribution is 2.23. The van der Waals surface area contributed by atoms with Crippen molar-refractivity contribution in [2.24, 2.45) is 5.92 Å². The third kappa shape index (κ3) is 4.53. The molecule has 0 bridgehead atoms. The molecule has 1 aromatic carbocycles. The number of aromatic nitrogens is 1. The summed E-state index contributed by atoms with van der Waals surface area (Å²) < 4.78 is 17.8. The molecule has 1 aromatic heterocycles. The number of nitrogens with zero attached hydrogens (tertiary/aromatic N) is 1. The predicted octanol–water partition coefficient (Wildman–Crippen LogP) is 2.73. The molecule has 0 saturated carbocycles. The van der Waals surface area contributed by atoms with Crippen molar-refractivity contribution in [3.05, 3.63) is 58.2 Å². The van der Waals surface area contributed by atoms with Gasteiger partial charge in [0.05, 0.1) is 18.6 Å². The summed E-state index contributed by atoms with van der Waals surface area (Å²) in [5.74, 6) is -1.50. The number of hydrogen-bond donors (Lipinski definition) is 2. The largest absolute Gasteiger partial charge is 0.465 e. The summed E-state index contributed by atoms with van der Waals surface area (Å²) in [5, 5.41) is 2.87. The number of likely N-dealkylation sites (tertiary alicyclic amines) is 1. The highest BCUT2D eigenvalue weighted by molar-refractivity contribution is 6.00. The maximum Gasteiger partial charge on any atom is 0.339 e. The number of methoxy groups -OCH3 is 1. The lowest BCUT2D eigenvalue weighted by Gasteiger charge is -2.32. The van der Waals surface area contributed by atoms with E-state index in [1.807, 2.05) is 0 Å². The van der Waals surface area contributed by atoms with Crippen LogP contribution in [0.2, 0.25) is 0 Å². The Bertz CT molecular complexity index is 952. The zero-order valence-electron chi connectivity index (χ0n) is 17.4. The zero-order valence-corrected chi connectivity index (χ0v) is 17.4. The van der Waals surface area contributed by atoms with Gasteiger partial charge >= 0.3 is 5.97 Å². The average molecular weight is 415 g/mol. The van der Waals surface area contributed by atoms with Crippen molar-refractivity contribution >= 4 is 17.8 Å². The van der Waals surface area contributed by atoms with Gasteiger partial charge in [0.15, 0.2) is 0 Å². The van der Waals surface area contributed by atoms with Crippen molar-refractivity contribution < 1.29 is 23.5 Å². The molecule has 3 rings (SSSR count). The number of carbonyl (C=O) groups is 3. The molecule has 1 unspecified atom stereocenters. The number of amides is 2. The lowest BCUT2D eigenvalue weighted by molar-refractivity contribution is -0.126. The van der Waals surface area contributed by atoms with Crippen molar-refractivity contribution in [1.29, 1.82) is 0 Å². The molecule has 0 spiro atoms. The Morgan fingerprint density at radius 2 is 1.93 bits per heavy atom. The monoisotopic (exact) mass is 415 g/mol. The van der Waals surface area contributed by atoms with Gasteiger partial charge in [-0.3, -0.25) is 9.59 Å². The van der Waals surface area contributed by atoms with E-state index >= 15 is 0 Å². The van der Waals surface area contributed by atoms with E-state index in [1.54, 1.807) is 30.9 Å². The molecule has 160 valence electrons. The lowest BCUT2D eigenvalue weighted by Crippen LogP contribution is -2.45. The minimum atomic E-state index is -0.489. The first-order valence-corrected chi connectivity index (χ1v) is 9.90. The van der Waals surface area contributed by atoms with E-state index in [1.165, 1.54) is 19.2 Å². The Kier molecular flexibility index (Phi) is 6.54. The van der Waals surface area contributed by atoms with Crippen LogP contribution in [-0.2, 0) is 16.1 Å². The number of nitrogens with one attached hydrogen (secondary N) is 2. The lowest BCUT2D eigenvalue weighted by atomic mass is 9.96. The van der Waals surface area contributed by atoms with Crippen molar-refractivity contribution in [2.75, 3.05) is 20.2 Å². The first-order valence-electron chi connectivity index (χ1n) is 9.90. The van der Waals surface area contributed by atoms with E-state index in [4.69, 9.17) is 4.74 Å². The second-order valence-electron chi connectivity index (χ2n) is 7.55. The summed E-state index contributed by atoms with van der Waals surface area (Å²) in [6.07, 6.45) is 1.40. The van der Waals surface area contributed by atoms with Crippen LogP contribution in [0.25, 0.3) is 0 Å². The standard InChI is InChI=1S/C22H26FN3O4/c1-13-18(22(29)30-3)14(2)25-19(13)21(28)26-10-4-5-16(12-26)20(27)24-11-15-6-8-17(23)9-7-15/h6-9,16,25H,4-5,10-12H2,1-3H3,(H,24,27). The number of rotatable bonds is 5. The van der Waals surface area contributed by atoms with Crippen LogP contribution in [0, 0.1) is 25.6 Å². The molecular weight excluding hydrogens is 389 g/mol. The summed E-state index contributed by atoms with van der Waals surface area (Å²) in [7, 11) is 1.30. The third-order valence-electron chi connectivity index (χ3n) is 5.50. The molecular formula is C22H26FN3O4.